The number of rotatable bonds is 25. The van der Waals surface area contributed by atoms with Gasteiger partial charge < -0.3 is 33.2 Å². The first-order valence-electron chi connectivity index (χ1n) is 19.8. The first-order valence-corrected chi connectivity index (χ1v) is 23.5. The second-order valence-corrected chi connectivity index (χ2v) is 18.4. The summed E-state index contributed by atoms with van der Waals surface area (Å²) in [5.41, 5.74) is 15.7. The molecule has 0 heterocycles. The van der Waals surface area contributed by atoms with Crippen molar-refractivity contribution in [2.75, 3.05) is 64.7 Å². The van der Waals surface area contributed by atoms with Crippen LogP contribution in [0.1, 0.15) is 87.5 Å². The lowest BCUT2D eigenvalue weighted by atomic mass is 9.79. The van der Waals surface area contributed by atoms with Gasteiger partial charge in [0.25, 0.3) is 0 Å². The SMILES string of the molecule is C#CCOC(=O)C(=C)C.C#CCOC(=O)C(C)Br.C=C(C)C(=O)OCCCN=[N+]=[N-].CC(Br)C(=O)OCCCN=[N+]=[N-].CCOC(=O)C(C)(CC)CC(C)(Br)C(=O)OCCOC(=O)CCBr. The number of alkyl halides is 4. The molecular formula is C42H62Br4N6O14. The summed E-state index contributed by atoms with van der Waals surface area (Å²) in [6.45, 7) is 21.9. The van der Waals surface area contributed by atoms with Crippen molar-refractivity contribution in [2.45, 2.75) is 101 Å². The topological polar surface area (TPSA) is 282 Å². The minimum Gasteiger partial charge on any atom is -0.466 e. The van der Waals surface area contributed by atoms with Crippen LogP contribution >= 0.6 is 63.7 Å². The molecule has 0 saturated carbocycles. The zero-order valence-corrected chi connectivity index (χ0v) is 45.1. The van der Waals surface area contributed by atoms with Gasteiger partial charge in [-0.2, -0.15) is 0 Å². The normalized spacial score (nSPS) is 12.0. The molecule has 0 aromatic carbocycles. The number of carbonyl (C=O) groups is 7. The number of carbonyl (C=O) groups excluding carboxylic acids is 7. The second-order valence-electron chi connectivity index (χ2n) is 13.1. The number of halogens is 4. The third-order valence-electron chi connectivity index (χ3n) is 6.91. The Morgan fingerprint density at radius 1 is 0.697 bits per heavy atom. The van der Waals surface area contributed by atoms with Crippen molar-refractivity contribution < 1.29 is 66.7 Å². The van der Waals surface area contributed by atoms with Crippen LogP contribution in [0.25, 0.3) is 20.9 Å². The lowest BCUT2D eigenvalue weighted by molar-refractivity contribution is -0.159. The van der Waals surface area contributed by atoms with Crippen LogP contribution in [0, 0.1) is 30.1 Å². The molecule has 0 saturated heterocycles. The lowest BCUT2D eigenvalue weighted by Gasteiger charge is -2.32. The van der Waals surface area contributed by atoms with Crippen molar-refractivity contribution in [3.63, 3.8) is 0 Å². The Morgan fingerprint density at radius 3 is 1.55 bits per heavy atom. The van der Waals surface area contributed by atoms with Gasteiger partial charge in [0.05, 0.1) is 31.7 Å². The molecule has 0 spiro atoms. The number of hydrogen-bond acceptors (Lipinski definition) is 16. The van der Waals surface area contributed by atoms with Crippen LogP contribution in [0.4, 0.5) is 0 Å². The van der Waals surface area contributed by atoms with E-state index in [2.05, 4.69) is 118 Å². The summed E-state index contributed by atoms with van der Waals surface area (Å²) >= 11 is 12.6. The van der Waals surface area contributed by atoms with Gasteiger partial charge in [-0.05, 0) is 85.2 Å². The van der Waals surface area contributed by atoms with E-state index < -0.39 is 27.6 Å². The molecule has 0 aromatic rings. The molecule has 0 fully saturated rings. The maximum Gasteiger partial charge on any atom is 0.334 e. The van der Waals surface area contributed by atoms with Crippen molar-refractivity contribution >= 4 is 106 Å². The summed E-state index contributed by atoms with van der Waals surface area (Å²) in [7, 11) is 0. The van der Waals surface area contributed by atoms with Gasteiger partial charge in [0, 0.05) is 39.4 Å². The Bertz CT molecular complexity index is 1700. The highest BCUT2D eigenvalue weighted by atomic mass is 79.9. The number of esters is 7. The number of ether oxygens (including phenoxy) is 7. The minimum absolute atomic E-state index is 0.00355. The molecule has 0 radical (unpaired) electrons. The molecule has 4 atom stereocenters. The van der Waals surface area contributed by atoms with Gasteiger partial charge in [-0.25, -0.2) is 9.59 Å². The van der Waals surface area contributed by atoms with Gasteiger partial charge in [-0.1, -0.05) is 106 Å². The summed E-state index contributed by atoms with van der Waals surface area (Å²) in [6.07, 6.45) is 11.8. The van der Waals surface area contributed by atoms with Crippen molar-refractivity contribution in [3.8, 4) is 24.7 Å². The first-order chi connectivity index (χ1) is 30.8. The molecule has 0 N–H and O–H groups in total. The average molecular weight is 1190 g/mol. The molecule has 0 rings (SSSR count). The highest BCUT2D eigenvalue weighted by Crippen LogP contribution is 2.38. The first kappa shape index (κ1) is 70.4. The predicted molar refractivity (Wildman–Crippen MR) is 262 cm³/mol. The van der Waals surface area contributed by atoms with Crippen molar-refractivity contribution in [3.05, 3.63) is 45.2 Å². The van der Waals surface area contributed by atoms with Gasteiger partial charge in [0.2, 0.25) is 0 Å². The van der Waals surface area contributed by atoms with E-state index in [-0.39, 0.29) is 86.0 Å². The lowest BCUT2D eigenvalue weighted by Crippen LogP contribution is -2.41. The van der Waals surface area contributed by atoms with E-state index in [1.54, 1.807) is 48.5 Å². The van der Waals surface area contributed by atoms with Gasteiger partial charge in [0.15, 0.2) is 13.2 Å². The number of terminal acetylenes is 2. The Hall–Kier alpha value is -4.57. The number of azide groups is 2. The van der Waals surface area contributed by atoms with Crippen LogP contribution in [0.15, 0.2) is 34.5 Å². The monoisotopic (exact) mass is 1190 g/mol. The minimum atomic E-state index is -1.04. The highest BCUT2D eigenvalue weighted by Gasteiger charge is 2.44. The predicted octanol–water partition coefficient (Wildman–Crippen LogP) is 8.89. The van der Waals surface area contributed by atoms with Crippen molar-refractivity contribution in [1.82, 2.24) is 0 Å². The van der Waals surface area contributed by atoms with Crippen LogP contribution in [-0.4, -0.2) is 120 Å². The Labute approximate surface area is 421 Å². The van der Waals surface area contributed by atoms with Crippen LogP contribution in [0.3, 0.4) is 0 Å². The fraction of sp³-hybridized carbons (Fsp3) is 0.643. The van der Waals surface area contributed by atoms with E-state index in [1.165, 1.54) is 0 Å². The summed E-state index contributed by atoms with van der Waals surface area (Å²) in [4.78, 5) is 82.7. The zero-order chi connectivity index (χ0) is 52.1. The fourth-order valence-electron chi connectivity index (χ4n) is 3.44. The van der Waals surface area contributed by atoms with Crippen LogP contribution in [0.2, 0.25) is 0 Å². The summed E-state index contributed by atoms with van der Waals surface area (Å²) in [5.74, 6) is 1.69. The van der Waals surface area contributed by atoms with Crippen LogP contribution in [-0.2, 0) is 66.7 Å². The van der Waals surface area contributed by atoms with E-state index in [4.69, 9.17) is 47.6 Å². The molecule has 0 aliphatic rings. The third-order valence-corrected chi connectivity index (χ3v) is 8.66. The Balaban J connectivity index is -0.000000251. The molecule has 20 nitrogen and oxygen atoms in total. The van der Waals surface area contributed by atoms with Gasteiger partial charge in [0.1, 0.15) is 27.2 Å². The molecular weight excluding hydrogens is 1130 g/mol. The van der Waals surface area contributed by atoms with Crippen molar-refractivity contribution in [2.24, 2.45) is 15.6 Å². The fourth-order valence-corrected chi connectivity index (χ4v) is 4.76. The molecule has 4 unspecified atom stereocenters. The third kappa shape index (κ3) is 44.6. The maximum absolute atomic E-state index is 12.2. The van der Waals surface area contributed by atoms with E-state index in [1.807, 2.05) is 6.92 Å². The maximum atomic E-state index is 12.2. The Morgan fingerprint density at radius 2 is 1.14 bits per heavy atom. The molecule has 0 aliphatic carbocycles. The van der Waals surface area contributed by atoms with E-state index in [0.717, 1.165) is 0 Å². The van der Waals surface area contributed by atoms with E-state index in [9.17, 15) is 33.6 Å². The van der Waals surface area contributed by atoms with E-state index in [0.29, 0.717) is 55.4 Å². The van der Waals surface area contributed by atoms with E-state index >= 15 is 0 Å². The van der Waals surface area contributed by atoms with Crippen molar-refractivity contribution in [1.29, 1.82) is 0 Å². The van der Waals surface area contributed by atoms with Gasteiger partial charge in [-0.3, -0.25) is 24.0 Å². The smallest absolute Gasteiger partial charge is 0.334 e. The molecule has 66 heavy (non-hydrogen) atoms. The molecule has 0 bridgehead atoms. The van der Waals surface area contributed by atoms with Crippen LogP contribution in [0.5, 0.6) is 0 Å². The number of hydrogen-bond donors (Lipinski definition) is 0. The number of nitrogens with zero attached hydrogens (tertiary/aromatic N) is 6. The summed E-state index contributed by atoms with van der Waals surface area (Å²) < 4.78 is 32.6. The summed E-state index contributed by atoms with van der Waals surface area (Å²) in [6, 6.07) is 0. The zero-order valence-electron chi connectivity index (χ0n) is 38.7. The Kier molecular flexibility index (Phi) is 48.7. The molecule has 0 aromatic heterocycles. The summed E-state index contributed by atoms with van der Waals surface area (Å²) in [5, 5.41) is 7.09. The molecule has 24 heteroatoms. The molecule has 372 valence electrons. The highest BCUT2D eigenvalue weighted by molar-refractivity contribution is 9.10. The second kappa shape index (κ2) is 45.6. The largest absolute Gasteiger partial charge is 0.466 e. The van der Waals surface area contributed by atoms with Gasteiger partial charge >= 0.3 is 41.8 Å². The molecule has 0 aliphatic heterocycles. The average Bonchev–Trinajstić information content (AvgIpc) is 3.26. The van der Waals surface area contributed by atoms with Gasteiger partial charge in [-0.15, -0.1) is 12.8 Å². The van der Waals surface area contributed by atoms with Crippen LogP contribution < -0.4 is 0 Å². The quantitative estimate of drug-likeness (QED) is 0.00950. The molecule has 0 amide bonds. The standard InChI is InChI=1S/C16H26Br2O6.C7H11N3O2.C7H8O2.C6H10BrN3O2.C6H7BrO2/c1-5-15(3,13(20)22-6-2)11-16(4,18)14(21)24-10-9-23-12(19)7-8-17;1-6(2)7(11)12-5-3-4-9-10-8;1-4-5-9-7(8)6(2)3;1-5(7)6(11)12-4-2-3-9-10-8;1-3-4-9-6(8)5(2)7/h5-11H2,1-4H3;1,3-5H2,2H3;1H,2,5H2,3H3;5H,2-4H2,1H3;1,5H,4H2,2H3.